The Morgan fingerprint density at radius 1 is 1.07 bits per heavy atom. The van der Waals surface area contributed by atoms with E-state index in [1.807, 2.05) is 20.8 Å². The third-order valence-electron chi connectivity index (χ3n) is 3.94. The van der Waals surface area contributed by atoms with Gasteiger partial charge >= 0.3 is 5.97 Å². The van der Waals surface area contributed by atoms with Crippen LogP contribution in [-0.4, -0.2) is 25.6 Å². The van der Waals surface area contributed by atoms with Crippen LogP contribution in [0, 0.1) is 5.92 Å². The normalized spacial score (nSPS) is 11.8. The summed E-state index contributed by atoms with van der Waals surface area (Å²) < 4.78 is 10.4. The van der Waals surface area contributed by atoms with Crippen LogP contribution in [-0.2, 0) is 4.74 Å². The molecule has 0 fully saturated rings. The zero-order valence-electron chi connectivity index (χ0n) is 15.9. The number of amides is 1. The smallest absolute Gasteiger partial charge is 0.337 e. The topological polar surface area (TPSA) is 64.6 Å². The largest absolute Gasteiger partial charge is 0.492 e. The van der Waals surface area contributed by atoms with Crippen LogP contribution < -0.4 is 10.1 Å². The molecule has 0 aromatic heterocycles. The molecule has 5 nitrogen and oxygen atoms in total. The first-order chi connectivity index (χ1) is 12.8. The number of esters is 1. The van der Waals surface area contributed by atoms with Crippen LogP contribution in [0.1, 0.15) is 53.1 Å². The summed E-state index contributed by atoms with van der Waals surface area (Å²) in [6, 6.07) is 11.6. The van der Waals surface area contributed by atoms with E-state index in [1.165, 1.54) is 7.11 Å². The zero-order valence-corrected chi connectivity index (χ0v) is 16.7. The van der Waals surface area contributed by atoms with E-state index in [-0.39, 0.29) is 11.9 Å². The molecule has 0 unspecified atom stereocenters. The summed E-state index contributed by atoms with van der Waals surface area (Å²) in [5.74, 6) is 0.160. The van der Waals surface area contributed by atoms with Gasteiger partial charge in [-0.3, -0.25) is 4.79 Å². The summed E-state index contributed by atoms with van der Waals surface area (Å²) in [4.78, 5) is 24.3. The van der Waals surface area contributed by atoms with Crippen molar-refractivity contribution < 1.29 is 19.1 Å². The lowest BCUT2D eigenvalue weighted by Crippen LogP contribution is -2.27. The van der Waals surface area contributed by atoms with Gasteiger partial charge in [0.1, 0.15) is 5.75 Å². The molecule has 1 amide bonds. The van der Waals surface area contributed by atoms with E-state index < -0.39 is 5.97 Å². The lowest BCUT2D eigenvalue weighted by molar-refractivity contribution is 0.0600. The number of halogens is 1. The Morgan fingerprint density at radius 3 is 2.33 bits per heavy atom. The predicted molar refractivity (Wildman–Crippen MR) is 105 cm³/mol. The third kappa shape index (κ3) is 5.73. The molecule has 0 heterocycles. The fourth-order valence-corrected chi connectivity index (χ4v) is 2.62. The van der Waals surface area contributed by atoms with Crippen molar-refractivity contribution >= 4 is 23.5 Å². The van der Waals surface area contributed by atoms with Gasteiger partial charge < -0.3 is 14.8 Å². The Kier molecular flexibility index (Phi) is 7.25. The maximum atomic E-state index is 12.7. The summed E-state index contributed by atoms with van der Waals surface area (Å²) in [5.41, 5.74) is 1.71. The average Bonchev–Trinajstić information content (AvgIpc) is 2.66. The van der Waals surface area contributed by atoms with Crippen molar-refractivity contribution in [2.24, 2.45) is 5.92 Å². The van der Waals surface area contributed by atoms with Gasteiger partial charge in [-0.25, -0.2) is 4.79 Å². The second-order valence-electron chi connectivity index (χ2n) is 6.65. The van der Waals surface area contributed by atoms with Crippen LogP contribution in [0.4, 0.5) is 0 Å². The Hall–Kier alpha value is -2.53. The highest BCUT2D eigenvalue weighted by atomic mass is 35.5. The molecular formula is C21H24ClNO4. The molecule has 0 aliphatic carbocycles. The molecule has 1 N–H and O–H groups in total. The molecule has 2 rings (SSSR count). The van der Waals surface area contributed by atoms with E-state index >= 15 is 0 Å². The second-order valence-corrected chi connectivity index (χ2v) is 7.09. The summed E-state index contributed by atoms with van der Waals surface area (Å²) in [6.07, 6.45) is 0. The number of methoxy groups -OCH3 is 1. The monoisotopic (exact) mass is 389 g/mol. The number of ether oxygens (including phenoxy) is 2. The van der Waals surface area contributed by atoms with E-state index in [4.69, 9.17) is 16.3 Å². The average molecular weight is 390 g/mol. The number of rotatable bonds is 7. The van der Waals surface area contributed by atoms with Crippen molar-refractivity contribution in [1.82, 2.24) is 5.32 Å². The fraction of sp³-hybridized carbons (Fsp3) is 0.333. The SMILES string of the molecule is COC(=O)c1ccc([C@H](C)NC(=O)c2cc(Cl)ccc2OCC(C)C)cc1. The minimum absolute atomic E-state index is 0.263. The molecule has 0 saturated carbocycles. The molecule has 0 aliphatic heterocycles. The lowest BCUT2D eigenvalue weighted by Gasteiger charge is -2.17. The van der Waals surface area contributed by atoms with Gasteiger partial charge in [0.15, 0.2) is 0 Å². The molecule has 27 heavy (non-hydrogen) atoms. The van der Waals surface area contributed by atoms with E-state index in [2.05, 4.69) is 10.1 Å². The van der Waals surface area contributed by atoms with Crippen molar-refractivity contribution in [3.63, 3.8) is 0 Å². The van der Waals surface area contributed by atoms with Gasteiger partial charge in [0.05, 0.1) is 30.9 Å². The van der Waals surface area contributed by atoms with Gasteiger partial charge in [-0.15, -0.1) is 0 Å². The quantitative estimate of drug-likeness (QED) is 0.700. The van der Waals surface area contributed by atoms with Crippen molar-refractivity contribution in [2.45, 2.75) is 26.8 Å². The molecule has 2 aromatic carbocycles. The number of hydrogen-bond acceptors (Lipinski definition) is 4. The minimum Gasteiger partial charge on any atom is -0.492 e. The van der Waals surface area contributed by atoms with Crippen molar-refractivity contribution in [3.8, 4) is 5.75 Å². The Balaban J connectivity index is 2.14. The number of benzene rings is 2. The molecule has 6 heteroatoms. The zero-order chi connectivity index (χ0) is 20.0. The van der Waals surface area contributed by atoms with Gasteiger partial charge in [0.2, 0.25) is 0 Å². The third-order valence-corrected chi connectivity index (χ3v) is 4.17. The van der Waals surface area contributed by atoms with Crippen molar-refractivity contribution in [2.75, 3.05) is 13.7 Å². The Morgan fingerprint density at radius 2 is 1.74 bits per heavy atom. The summed E-state index contributed by atoms with van der Waals surface area (Å²) in [5, 5.41) is 3.40. The molecule has 0 radical (unpaired) electrons. The summed E-state index contributed by atoms with van der Waals surface area (Å²) in [6.45, 7) is 6.45. The Labute approximate surface area is 164 Å². The van der Waals surface area contributed by atoms with Crippen LogP contribution in [0.3, 0.4) is 0 Å². The van der Waals surface area contributed by atoms with Crippen LogP contribution in [0.25, 0.3) is 0 Å². The highest BCUT2D eigenvalue weighted by Crippen LogP contribution is 2.24. The van der Waals surface area contributed by atoms with Gasteiger partial charge in [0, 0.05) is 5.02 Å². The maximum absolute atomic E-state index is 12.7. The van der Waals surface area contributed by atoms with Crippen LogP contribution in [0.2, 0.25) is 5.02 Å². The molecule has 0 saturated heterocycles. The van der Waals surface area contributed by atoms with Crippen LogP contribution >= 0.6 is 11.6 Å². The minimum atomic E-state index is -0.399. The van der Waals surface area contributed by atoms with Crippen LogP contribution in [0.15, 0.2) is 42.5 Å². The van der Waals surface area contributed by atoms with Crippen LogP contribution in [0.5, 0.6) is 5.75 Å². The number of nitrogens with one attached hydrogen (secondary N) is 1. The van der Waals surface area contributed by atoms with Gasteiger partial charge in [0.25, 0.3) is 5.91 Å². The first-order valence-electron chi connectivity index (χ1n) is 8.73. The molecule has 0 spiro atoms. The molecule has 0 aliphatic rings. The van der Waals surface area contributed by atoms with Gasteiger partial charge in [-0.2, -0.15) is 0 Å². The fourth-order valence-electron chi connectivity index (χ4n) is 2.45. The number of hydrogen-bond donors (Lipinski definition) is 1. The maximum Gasteiger partial charge on any atom is 0.337 e. The summed E-state index contributed by atoms with van der Waals surface area (Å²) in [7, 11) is 1.34. The van der Waals surface area contributed by atoms with Gasteiger partial charge in [-0.1, -0.05) is 37.6 Å². The van der Waals surface area contributed by atoms with E-state index in [1.54, 1.807) is 42.5 Å². The van der Waals surface area contributed by atoms with Crippen molar-refractivity contribution in [1.29, 1.82) is 0 Å². The standard InChI is InChI=1S/C21H24ClNO4/c1-13(2)12-27-19-10-9-17(22)11-18(19)20(24)23-14(3)15-5-7-16(8-6-15)21(25)26-4/h5-11,13-14H,12H2,1-4H3,(H,23,24)/t14-/m0/s1. The second kappa shape index (κ2) is 9.42. The lowest BCUT2D eigenvalue weighted by atomic mass is 10.1. The van der Waals surface area contributed by atoms with Crippen molar-refractivity contribution in [3.05, 3.63) is 64.2 Å². The van der Waals surface area contributed by atoms with Gasteiger partial charge in [-0.05, 0) is 48.7 Å². The molecular weight excluding hydrogens is 366 g/mol. The Bertz CT molecular complexity index is 802. The highest BCUT2D eigenvalue weighted by molar-refractivity contribution is 6.31. The van der Waals surface area contributed by atoms with E-state index in [0.29, 0.717) is 34.4 Å². The highest BCUT2D eigenvalue weighted by Gasteiger charge is 2.17. The number of carbonyl (C=O) groups excluding carboxylic acids is 2. The molecule has 2 aromatic rings. The molecule has 144 valence electrons. The molecule has 0 bridgehead atoms. The predicted octanol–water partition coefficient (Wildman–Crippen LogP) is 4.65. The summed E-state index contributed by atoms with van der Waals surface area (Å²) >= 11 is 6.06. The van der Waals surface area contributed by atoms with E-state index in [9.17, 15) is 9.59 Å². The van der Waals surface area contributed by atoms with E-state index in [0.717, 1.165) is 5.56 Å². The first-order valence-corrected chi connectivity index (χ1v) is 9.11. The molecule has 1 atom stereocenters. The first kappa shape index (κ1) is 20.8. The number of carbonyl (C=O) groups is 2.